The lowest BCUT2D eigenvalue weighted by Crippen LogP contribution is -2.34. The third-order valence-electron chi connectivity index (χ3n) is 5.55. The van der Waals surface area contributed by atoms with Crippen LogP contribution in [0.5, 0.6) is 0 Å². The highest BCUT2D eigenvalue weighted by molar-refractivity contribution is 5.74. The monoisotopic (exact) mass is 408 g/mol. The number of rotatable bonds is 16. The molecule has 3 nitrogen and oxygen atoms in total. The van der Waals surface area contributed by atoms with Crippen molar-refractivity contribution in [1.29, 1.82) is 0 Å². The SMILES string of the molecule is C#CCOCCCCCCc1cccc(C=C)c1C(=C)N(C)C(CCC)C(=C)CN. The van der Waals surface area contributed by atoms with Crippen molar-refractivity contribution in [1.82, 2.24) is 4.90 Å². The lowest BCUT2D eigenvalue weighted by Gasteiger charge is -2.34. The van der Waals surface area contributed by atoms with Gasteiger partial charge < -0.3 is 15.4 Å². The summed E-state index contributed by atoms with van der Waals surface area (Å²) in [6.45, 7) is 16.5. The predicted molar refractivity (Wildman–Crippen MR) is 132 cm³/mol. The van der Waals surface area contributed by atoms with Crippen molar-refractivity contribution in [2.45, 2.75) is 57.9 Å². The molecule has 0 aliphatic heterocycles. The molecule has 0 aliphatic carbocycles. The number of unbranched alkanes of at least 4 members (excludes halogenated alkanes) is 3. The van der Waals surface area contributed by atoms with E-state index in [1.165, 1.54) is 17.5 Å². The van der Waals surface area contributed by atoms with Gasteiger partial charge in [0.05, 0.1) is 6.04 Å². The summed E-state index contributed by atoms with van der Waals surface area (Å²) in [5.41, 5.74) is 11.6. The van der Waals surface area contributed by atoms with E-state index in [1.807, 2.05) is 6.08 Å². The zero-order valence-corrected chi connectivity index (χ0v) is 19.1. The minimum absolute atomic E-state index is 0.196. The summed E-state index contributed by atoms with van der Waals surface area (Å²) in [5, 5.41) is 0. The highest BCUT2D eigenvalue weighted by Crippen LogP contribution is 2.30. The quantitative estimate of drug-likeness (QED) is 0.218. The number of benzene rings is 1. The normalized spacial score (nSPS) is 11.5. The van der Waals surface area contributed by atoms with E-state index < -0.39 is 0 Å². The number of nitrogens with zero attached hydrogens (tertiary/aromatic N) is 1. The summed E-state index contributed by atoms with van der Waals surface area (Å²) in [4.78, 5) is 2.24. The van der Waals surface area contributed by atoms with Gasteiger partial charge in [-0.05, 0) is 42.4 Å². The number of aryl methyl sites for hydroxylation is 1. The standard InChI is InChI=1S/C27H40N2O/c1-7-15-26(22(4)21-28)29(6)23(5)27-24(9-3)17-14-18-25(27)16-12-10-11-13-20-30-19-8-2/h2,9,14,17-18,26H,3-5,7,10-13,15-16,19-21,28H2,1,6H3. The van der Waals surface area contributed by atoms with Gasteiger partial charge in [0.2, 0.25) is 0 Å². The first-order chi connectivity index (χ1) is 14.5. The molecule has 0 bridgehead atoms. The van der Waals surface area contributed by atoms with E-state index in [4.69, 9.17) is 16.9 Å². The van der Waals surface area contributed by atoms with Crippen molar-refractivity contribution in [3.63, 3.8) is 0 Å². The van der Waals surface area contributed by atoms with Gasteiger partial charge in [0.25, 0.3) is 0 Å². The second-order valence-corrected chi connectivity index (χ2v) is 7.73. The van der Waals surface area contributed by atoms with Crippen LogP contribution in [0.15, 0.2) is 43.5 Å². The predicted octanol–water partition coefficient (Wildman–Crippen LogP) is 5.67. The zero-order valence-electron chi connectivity index (χ0n) is 19.1. The lowest BCUT2D eigenvalue weighted by atomic mass is 9.92. The first kappa shape index (κ1) is 25.8. The van der Waals surface area contributed by atoms with Crippen molar-refractivity contribution in [2.75, 3.05) is 26.8 Å². The van der Waals surface area contributed by atoms with Gasteiger partial charge in [0.1, 0.15) is 6.61 Å². The Morgan fingerprint density at radius 1 is 1.27 bits per heavy atom. The van der Waals surface area contributed by atoms with E-state index in [0.717, 1.165) is 62.0 Å². The Balaban J connectivity index is 2.87. The van der Waals surface area contributed by atoms with Crippen molar-refractivity contribution in [3.8, 4) is 12.3 Å². The smallest absolute Gasteiger partial charge is 0.107 e. The van der Waals surface area contributed by atoms with E-state index >= 15 is 0 Å². The fourth-order valence-electron chi connectivity index (χ4n) is 3.80. The molecule has 0 saturated heterocycles. The van der Waals surface area contributed by atoms with Gasteiger partial charge in [-0.2, -0.15) is 0 Å². The molecule has 1 rings (SSSR count). The van der Waals surface area contributed by atoms with Crippen LogP contribution in [0.1, 0.15) is 62.1 Å². The molecule has 0 aliphatic rings. The molecule has 1 unspecified atom stereocenters. The van der Waals surface area contributed by atoms with Gasteiger partial charge in [-0.25, -0.2) is 0 Å². The first-order valence-corrected chi connectivity index (χ1v) is 11.1. The second kappa shape index (κ2) is 14.7. The van der Waals surface area contributed by atoms with Crippen molar-refractivity contribution < 1.29 is 4.74 Å². The van der Waals surface area contributed by atoms with Crippen LogP contribution < -0.4 is 5.73 Å². The lowest BCUT2D eigenvalue weighted by molar-refractivity contribution is 0.162. The van der Waals surface area contributed by atoms with E-state index in [2.05, 4.69) is 62.7 Å². The molecule has 0 spiro atoms. The van der Waals surface area contributed by atoms with Crippen LogP contribution in [0.3, 0.4) is 0 Å². The van der Waals surface area contributed by atoms with Crippen LogP contribution in [0.2, 0.25) is 0 Å². The molecule has 0 heterocycles. The van der Waals surface area contributed by atoms with Crippen LogP contribution in [-0.2, 0) is 11.2 Å². The molecule has 30 heavy (non-hydrogen) atoms. The largest absolute Gasteiger partial charge is 0.369 e. The van der Waals surface area contributed by atoms with Crippen LogP contribution >= 0.6 is 0 Å². The van der Waals surface area contributed by atoms with E-state index in [-0.39, 0.29) is 6.04 Å². The van der Waals surface area contributed by atoms with Crippen LogP contribution in [0.25, 0.3) is 11.8 Å². The van der Waals surface area contributed by atoms with E-state index in [9.17, 15) is 0 Å². The summed E-state index contributed by atoms with van der Waals surface area (Å²) in [7, 11) is 2.10. The van der Waals surface area contributed by atoms with Gasteiger partial charge in [0.15, 0.2) is 0 Å². The number of hydrogen-bond acceptors (Lipinski definition) is 3. The van der Waals surface area contributed by atoms with E-state index in [1.54, 1.807) is 0 Å². The van der Waals surface area contributed by atoms with Crippen LogP contribution in [0, 0.1) is 12.3 Å². The molecule has 1 atom stereocenters. The number of ether oxygens (including phenoxy) is 1. The summed E-state index contributed by atoms with van der Waals surface area (Å²) in [6, 6.07) is 6.63. The molecule has 1 aromatic rings. The Bertz CT molecular complexity index is 729. The van der Waals surface area contributed by atoms with Gasteiger partial charge in [-0.1, -0.05) is 76.1 Å². The highest BCUT2D eigenvalue weighted by atomic mass is 16.5. The molecule has 1 aromatic carbocycles. The average Bonchev–Trinajstić information content (AvgIpc) is 2.77. The Labute approximate surface area is 184 Å². The molecule has 0 amide bonds. The molecule has 164 valence electrons. The maximum atomic E-state index is 5.91. The molecule has 0 fully saturated rings. The third kappa shape index (κ3) is 7.86. The van der Waals surface area contributed by atoms with E-state index in [0.29, 0.717) is 13.2 Å². The second-order valence-electron chi connectivity index (χ2n) is 7.73. The molecule has 0 saturated carbocycles. The zero-order chi connectivity index (χ0) is 22.4. The van der Waals surface area contributed by atoms with Crippen LogP contribution in [-0.4, -0.2) is 37.7 Å². The Morgan fingerprint density at radius 3 is 2.63 bits per heavy atom. The molecular weight excluding hydrogens is 368 g/mol. The Morgan fingerprint density at radius 2 is 2.00 bits per heavy atom. The van der Waals surface area contributed by atoms with Gasteiger partial charge in [0, 0.05) is 31.5 Å². The number of likely N-dealkylation sites (N-methyl/N-ethyl adjacent to an activating group) is 1. The number of nitrogens with two attached hydrogens (primary N) is 1. The minimum Gasteiger partial charge on any atom is -0.369 e. The molecule has 0 radical (unpaired) electrons. The van der Waals surface area contributed by atoms with Gasteiger partial charge in [-0.3, -0.25) is 0 Å². The summed E-state index contributed by atoms with van der Waals surface area (Å²) in [5.74, 6) is 2.50. The van der Waals surface area contributed by atoms with Crippen LogP contribution in [0.4, 0.5) is 0 Å². The fraction of sp³-hybridized carbons (Fsp3) is 0.481. The number of hydrogen-bond donors (Lipinski definition) is 1. The summed E-state index contributed by atoms with van der Waals surface area (Å²) >= 11 is 0. The fourth-order valence-corrected chi connectivity index (χ4v) is 3.80. The summed E-state index contributed by atoms with van der Waals surface area (Å²) < 4.78 is 5.35. The maximum Gasteiger partial charge on any atom is 0.107 e. The maximum absolute atomic E-state index is 5.91. The molecule has 2 N–H and O–H groups in total. The highest BCUT2D eigenvalue weighted by Gasteiger charge is 2.21. The molecular formula is C27H40N2O. The molecule has 3 heteroatoms. The first-order valence-electron chi connectivity index (χ1n) is 11.1. The van der Waals surface area contributed by atoms with Crippen molar-refractivity contribution >= 4 is 11.8 Å². The average molecular weight is 409 g/mol. The van der Waals surface area contributed by atoms with Crippen molar-refractivity contribution in [2.24, 2.45) is 5.73 Å². The molecule has 0 aromatic heterocycles. The van der Waals surface area contributed by atoms with Gasteiger partial charge in [-0.15, -0.1) is 6.42 Å². The Kier molecular flexibility index (Phi) is 12.6. The third-order valence-corrected chi connectivity index (χ3v) is 5.55. The van der Waals surface area contributed by atoms with Crippen molar-refractivity contribution in [3.05, 3.63) is 60.2 Å². The van der Waals surface area contributed by atoms with Gasteiger partial charge >= 0.3 is 0 Å². The summed E-state index contributed by atoms with van der Waals surface area (Å²) in [6.07, 6.45) is 14.7. The topological polar surface area (TPSA) is 38.5 Å². The minimum atomic E-state index is 0.196. The number of terminal acetylenes is 1. The Hall–Kier alpha value is -2.28.